The lowest BCUT2D eigenvalue weighted by molar-refractivity contribution is -0.116. The number of nitrogens with zero attached hydrogens (tertiary/aromatic N) is 1. The van der Waals surface area contributed by atoms with Crippen molar-refractivity contribution in [2.24, 2.45) is 0 Å². The molecule has 0 fully saturated rings. The molecular formula is C15H19BrClN3OS. The second-order valence-corrected chi connectivity index (χ2v) is 6.72. The van der Waals surface area contributed by atoms with Gasteiger partial charge in [-0.25, -0.2) is 4.98 Å². The first-order valence-corrected chi connectivity index (χ1v) is 8.42. The van der Waals surface area contributed by atoms with Crippen LogP contribution in [0.4, 0.5) is 5.13 Å². The third-order valence-electron chi connectivity index (χ3n) is 2.90. The number of aromatic nitrogens is 1. The Balaban J connectivity index is 0.00000242. The maximum Gasteiger partial charge on any atom is 0.226 e. The van der Waals surface area contributed by atoms with Crippen molar-refractivity contribution in [2.75, 3.05) is 18.9 Å². The predicted molar refractivity (Wildman–Crippen MR) is 98.1 cm³/mol. The van der Waals surface area contributed by atoms with Crippen molar-refractivity contribution in [3.8, 4) is 0 Å². The van der Waals surface area contributed by atoms with Crippen LogP contribution in [-0.2, 0) is 11.2 Å². The average Bonchev–Trinajstić information content (AvgIpc) is 2.86. The van der Waals surface area contributed by atoms with Crippen LogP contribution in [0.25, 0.3) is 0 Å². The third kappa shape index (κ3) is 6.44. The SMILES string of the molecule is CNCCCC(=O)Nc1ncc(Cc2cccc(Br)c2)s1.Cl. The van der Waals surface area contributed by atoms with Gasteiger partial charge in [0.15, 0.2) is 5.13 Å². The topological polar surface area (TPSA) is 54.0 Å². The summed E-state index contributed by atoms with van der Waals surface area (Å²) in [5.41, 5.74) is 1.22. The predicted octanol–water partition coefficient (Wildman–Crippen LogP) is 3.86. The molecule has 0 bridgehead atoms. The number of anilines is 1. The van der Waals surface area contributed by atoms with E-state index in [1.54, 1.807) is 0 Å². The number of thiazole rings is 1. The summed E-state index contributed by atoms with van der Waals surface area (Å²) in [5, 5.41) is 6.55. The zero-order valence-electron chi connectivity index (χ0n) is 12.3. The van der Waals surface area contributed by atoms with Crippen molar-refractivity contribution in [1.29, 1.82) is 0 Å². The molecule has 1 amide bonds. The summed E-state index contributed by atoms with van der Waals surface area (Å²) in [6.45, 7) is 0.847. The van der Waals surface area contributed by atoms with Crippen LogP contribution in [0.2, 0.25) is 0 Å². The molecule has 0 saturated heterocycles. The number of nitrogens with one attached hydrogen (secondary N) is 2. The molecule has 0 atom stereocenters. The van der Waals surface area contributed by atoms with E-state index in [2.05, 4.69) is 43.7 Å². The highest BCUT2D eigenvalue weighted by Crippen LogP contribution is 2.22. The Morgan fingerprint density at radius 2 is 2.23 bits per heavy atom. The van der Waals surface area contributed by atoms with Gasteiger partial charge in [0.2, 0.25) is 5.91 Å². The summed E-state index contributed by atoms with van der Waals surface area (Å²) in [6.07, 6.45) is 4.00. The largest absolute Gasteiger partial charge is 0.320 e. The van der Waals surface area contributed by atoms with Gasteiger partial charge in [-0.3, -0.25) is 4.79 Å². The van der Waals surface area contributed by atoms with Gasteiger partial charge >= 0.3 is 0 Å². The first-order valence-electron chi connectivity index (χ1n) is 6.81. The maximum absolute atomic E-state index is 11.7. The van der Waals surface area contributed by atoms with Gasteiger partial charge < -0.3 is 10.6 Å². The second kappa shape index (κ2) is 9.94. The summed E-state index contributed by atoms with van der Waals surface area (Å²) in [6, 6.07) is 8.20. The lowest BCUT2D eigenvalue weighted by atomic mass is 10.1. The summed E-state index contributed by atoms with van der Waals surface area (Å²) in [5.74, 6) is 0.0219. The minimum Gasteiger partial charge on any atom is -0.320 e. The Kier molecular flexibility index (Phi) is 8.63. The van der Waals surface area contributed by atoms with Gasteiger partial charge in [0.05, 0.1) is 0 Å². The van der Waals surface area contributed by atoms with Crippen molar-refractivity contribution in [3.05, 3.63) is 45.4 Å². The Bertz CT molecular complexity index is 606. The molecule has 0 radical (unpaired) electrons. The molecule has 1 heterocycles. The van der Waals surface area contributed by atoms with Gasteiger partial charge in [-0.1, -0.05) is 28.1 Å². The highest BCUT2D eigenvalue weighted by atomic mass is 79.9. The van der Waals surface area contributed by atoms with Gasteiger partial charge in [0, 0.05) is 28.4 Å². The molecule has 2 N–H and O–H groups in total. The number of amides is 1. The Morgan fingerprint density at radius 3 is 2.95 bits per heavy atom. The van der Waals surface area contributed by atoms with Crippen LogP contribution in [0.15, 0.2) is 34.9 Å². The first kappa shape index (κ1) is 19.1. The summed E-state index contributed by atoms with van der Waals surface area (Å²) < 4.78 is 1.07. The smallest absolute Gasteiger partial charge is 0.226 e. The lowest BCUT2D eigenvalue weighted by Gasteiger charge is -2.01. The van der Waals surface area contributed by atoms with Gasteiger partial charge in [0.1, 0.15) is 0 Å². The fourth-order valence-electron chi connectivity index (χ4n) is 1.90. The van der Waals surface area contributed by atoms with Crippen molar-refractivity contribution < 1.29 is 4.79 Å². The van der Waals surface area contributed by atoms with E-state index in [1.165, 1.54) is 16.9 Å². The van der Waals surface area contributed by atoms with Crippen LogP contribution in [0.1, 0.15) is 23.3 Å². The highest BCUT2D eigenvalue weighted by molar-refractivity contribution is 9.10. The molecule has 1 aromatic heterocycles. The standard InChI is InChI=1S/C15H18BrN3OS.ClH/c1-17-7-3-6-14(20)19-15-18-10-13(21-15)9-11-4-2-5-12(16)8-11;/h2,4-5,8,10,17H,3,6-7,9H2,1H3,(H,18,19,20);1H. The van der Waals surface area contributed by atoms with Crippen molar-refractivity contribution in [3.63, 3.8) is 0 Å². The normalized spacial score (nSPS) is 10.1. The van der Waals surface area contributed by atoms with Crippen LogP contribution in [0, 0.1) is 0 Å². The number of benzene rings is 1. The Labute approximate surface area is 149 Å². The Hall–Kier alpha value is -0.950. The quantitative estimate of drug-likeness (QED) is 0.689. The molecule has 0 aliphatic carbocycles. The van der Waals surface area contributed by atoms with Gasteiger partial charge in [0.25, 0.3) is 0 Å². The van der Waals surface area contributed by atoms with Crippen molar-refractivity contribution in [1.82, 2.24) is 10.3 Å². The molecule has 0 saturated carbocycles. The molecule has 0 unspecified atom stereocenters. The average molecular weight is 405 g/mol. The van der Waals surface area contributed by atoms with E-state index < -0.39 is 0 Å². The molecule has 2 aromatic rings. The van der Waals surface area contributed by atoms with E-state index in [-0.39, 0.29) is 18.3 Å². The fourth-order valence-corrected chi connectivity index (χ4v) is 3.21. The number of hydrogen-bond acceptors (Lipinski definition) is 4. The molecule has 1 aromatic carbocycles. The van der Waals surface area contributed by atoms with Gasteiger partial charge in [-0.05, 0) is 37.7 Å². The highest BCUT2D eigenvalue weighted by Gasteiger charge is 2.07. The number of halogens is 2. The molecular weight excluding hydrogens is 386 g/mol. The minimum atomic E-state index is 0. The number of carbonyl (C=O) groups is 1. The van der Waals surface area contributed by atoms with E-state index in [0.29, 0.717) is 11.6 Å². The van der Waals surface area contributed by atoms with E-state index in [1.807, 2.05) is 25.4 Å². The van der Waals surface area contributed by atoms with Crippen LogP contribution in [0.3, 0.4) is 0 Å². The number of hydrogen-bond donors (Lipinski definition) is 2. The van der Waals surface area contributed by atoms with Crippen LogP contribution < -0.4 is 10.6 Å². The molecule has 7 heteroatoms. The minimum absolute atomic E-state index is 0. The summed E-state index contributed by atoms with van der Waals surface area (Å²) >= 11 is 5.00. The maximum atomic E-state index is 11.7. The van der Waals surface area contributed by atoms with E-state index in [4.69, 9.17) is 0 Å². The molecule has 120 valence electrons. The molecule has 0 spiro atoms. The van der Waals surface area contributed by atoms with E-state index in [0.717, 1.165) is 28.7 Å². The molecule has 22 heavy (non-hydrogen) atoms. The molecule has 2 rings (SSSR count). The molecule has 0 aliphatic rings. The fraction of sp³-hybridized carbons (Fsp3) is 0.333. The van der Waals surface area contributed by atoms with Crippen molar-refractivity contribution >= 4 is 50.7 Å². The molecule has 0 aliphatic heterocycles. The van der Waals surface area contributed by atoms with E-state index in [9.17, 15) is 4.79 Å². The van der Waals surface area contributed by atoms with Crippen molar-refractivity contribution in [2.45, 2.75) is 19.3 Å². The van der Waals surface area contributed by atoms with Crippen LogP contribution in [-0.4, -0.2) is 24.5 Å². The second-order valence-electron chi connectivity index (χ2n) is 4.69. The van der Waals surface area contributed by atoms with E-state index >= 15 is 0 Å². The number of rotatable bonds is 7. The van der Waals surface area contributed by atoms with Crippen LogP contribution >= 0.6 is 39.7 Å². The van der Waals surface area contributed by atoms with Gasteiger partial charge in [-0.2, -0.15) is 0 Å². The first-order chi connectivity index (χ1) is 10.2. The summed E-state index contributed by atoms with van der Waals surface area (Å²) in [7, 11) is 1.88. The zero-order valence-corrected chi connectivity index (χ0v) is 15.5. The third-order valence-corrected chi connectivity index (χ3v) is 4.30. The lowest BCUT2D eigenvalue weighted by Crippen LogP contribution is -2.14. The van der Waals surface area contributed by atoms with Crippen LogP contribution in [0.5, 0.6) is 0 Å². The summed E-state index contributed by atoms with van der Waals surface area (Å²) in [4.78, 5) is 17.1. The number of carbonyl (C=O) groups excluding carboxylic acids is 1. The molecule has 4 nitrogen and oxygen atoms in total. The zero-order chi connectivity index (χ0) is 15.1. The van der Waals surface area contributed by atoms with Gasteiger partial charge in [-0.15, -0.1) is 23.7 Å². The monoisotopic (exact) mass is 403 g/mol. The Morgan fingerprint density at radius 1 is 1.41 bits per heavy atom.